The molecule has 1 aliphatic heterocycles. The zero-order valence-electron chi connectivity index (χ0n) is 17.7. The van der Waals surface area contributed by atoms with Crippen LogP contribution < -0.4 is 10.4 Å². The van der Waals surface area contributed by atoms with E-state index in [1.54, 1.807) is 7.11 Å². The van der Waals surface area contributed by atoms with E-state index in [4.69, 9.17) is 4.74 Å². The standard InChI is InChI=1S/C24H25N3O5/c1-32-13-12-25-16-26(27-19(15-28)14-20(29)23(30)22(27)24(25)31)21(17-8-4-2-5-9-17)18-10-6-3-7-11-18/h2-11,14,21,28,30H,12-13,15-16H2,1H3. The Morgan fingerprint density at radius 2 is 1.59 bits per heavy atom. The summed E-state index contributed by atoms with van der Waals surface area (Å²) in [5, 5.41) is 22.5. The molecule has 0 saturated carbocycles. The number of hydrogen-bond donors (Lipinski definition) is 2. The van der Waals surface area contributed by atoms with E-state index in [0.717, 1.165) is 17.2 Å². The lowest BCUT2D eigenvalue weighted by molar-refractivity contribution is 0.0608. The van der Waals surface area contributed by atoms with Gasteiger partial charge in [-0.1, -0.05) is 60.7 Å². The average Bonchev–Trinajstić information content (AvgIpc) is 2.83. The molecule has 8 nitrogen and oxygen atoms in total. The Hall–Kier alpha value is -3.62. The molecule has 0 aliphatic carbocycles. The largest absolute Gasteiger partial charge is 0.502 e. The summed E-state index contributed by atoms with van der Waals surface area (Å²) in [5.74, 6) is -1.14. The zero-order valence-corrected chi connectivity index (χ0v) is 17.7. The molecule has 2 heterocycles. The number of nitrogens with zero attached hydrogens (tertiary/aromatic N) is 3. The maximum absolute atomic E-state index is 13.2. The second-order valence-corrected chi connectivity index (χ2v) is 7.53. The molecule has 32 heavy (non-hydrogen) atoms. The first-order valence-corrected chi connectivity index (χ1v) is 10.3. The normalized spacial score (nSPS) is 13.5. The second kappa shape index (κ2) is 9.25. The van der Waals surface area contributed by atoms with Crippen molar-refractivity contribution >= 4 is 5.91 Å². The van der Waals surface area contributed by atoms with Crippen molar-refractivity contribution in [2.75, 3.05) is 31.9 Å². The third kappa shape index (κ3) is 3.86. The van der Waals surface area contributed by atoms with E-state index in [1.807, 2.05) is 65.7 Å². The van der Waals surface area contributed by atoms with Crippen LogP contribution in [-0.2, 0) is 11.3 Å². The highest BCUT2D eigenvalue weighted by atomic mass is 16.5. The van der Waals surface area contributed by atoms with Crippen LogP contribution in [0.1, 0.15) is 33.4 Å². The summed E-state index contributed by atoms with van der Waals surface area (Å²) in [6, 6.07) is 20.3. The molecule has 8 heteroatoms. The fraction of sp³-hybridized carbons (Fsp3) is 0.250. The Bertz CT molecular complexity index is 1110. The van der Waals surface area contributed by atoms with Gasteiger partial charge in [0, 0.05) is 19.7 Å². The summed E-state index contributed by atoms with van der Waals surface area (Å²) in [4.78, 5) is 27.1. The number of fused-ring (bicyclic) bond motifs is 1. The summed E-state index contributed by atoms with van der Waals surface area (Å²) in [7, 11) is 1.54. The molecule has 1 aliphatic rings. The van der Waals surface area contributed by atoms with E-state index in [1.165, 1.54) is 9.58 Å². The van der Waals surface area contributed by atoms with Gasteiger partial charge in [-0.2, -0.15) is 0 Å². The molecule has 1 amide bonds. The number of ether oxygens (including phenoxy) is 1. The number of rotatable bonds is 7. The number of hydrogen-bond acceptors (Lipinski definition) is 6. The van der Waals surface area contributed by atoms with E-state index < -0.39 is 23.7 Å². The lowest BCUT2D eigenvalue weighted by atomic mass is 9.98. The number of methoxy groups -OCH3 is 1. The lowest BCUT2D eigenvalue weighted by Gasteiger charge is -2.45. The van der Waals surface area contributed by atoms with Crippen molar-refractivity contribution < 1.29 is 19.7 Å². The highest BCUT2D eigenvalue weighted by molar-refractivity contribution is 5.96. The number of pyridine rings is 1. The minimum absolute atomic E-state index is 0.166. The summed E-state index contributed by atoms with van der Waals surface area (Å²) < 4.78 is 6.64. The monoisotopic (exact) mass is 435 g/mol. The van der Waals surface area contributed by atoms with Gasteiger partial charge >= 0.3 is 0 Å². The predicted octanol–water partition coefficient (Wildman–Crippen LogP) is 1.83. The van der Waals surface area contributed by atoms with Gasteiger partial charge in [-0.25, -0.2) is 4.68 Å². The third-order valence-corrected chi connectivity index (χ3v) is 5.56. The minimum atomic E-state index is -0.710. The number of benzene rings is 2. The molecule has 0 spiro atoms. The highest BCUT2D eigenvalue weighted by Gasteiger charge is 2.37. The molecule has 3 aromatic rings. The second-order valence-electron chi connectivity index (χ2n) is 7.53. The molecule has 0 radical (unpaired) electrons. The van der Waals surface area contributed by atoms with Crippen LogP contribution in [0.25, 0.3) is 0 Å². The van der Waals surface area contributed by atoms with Crippen LogP contribution in [0.3, 0.4) is 0 Å². The number of aromatic hydroxyl groups is 1. The molecule has 1 aromatic heterocycles. The zero-order chi connectivity index (χ0) is 22.7. The van der Waals surface area contributed by atoms with Crippen LogP contribution in [0.4, 0.5) is 0 Å². The summed E-state index contributed by atoms with van der Waals surface area (Å²) in [6.45, 7) is 0.268. The van der Waals surface area contributed by atoms with E-state index in [0.29, 0.717) is 6.61 Å². The molecule has 2 N–H and O–H groups in total. The van der Waals surface area contributed by atoms with Gasteiger partial charge in [0.25, 0.3) is 5.91 Å². The van der Waals surface area contributed by atoms with E-state index in [9.17, 15) is 19.8 Å². The number of amides is 1. The molecule has 4 rings (SSSR count). The van der Waals surface area contributed by atoms with Crippen molar-refractivity contribution in [1.29, 1.82) is 0 Å². The van der Waals surface area contributed by atoms with Crippen LogP contribution in [0.5, 0.6) is 5.75 Å². The van der Waals surface area contributed by atoms with Crippen molar-refractivity contribution in [3.63, 3.8) is 0 Å². The van der Waals surface area contributed by atoms with E-state index in [-0.39, 0.29) is 30.6 Å². The minimum Gasteiger partial charge on any atom is -0.502 e. The first-order valence-electron chi connectivity index (χ1n) is 10.3. The first kappa shape index (κ1) is 21.6. The van der Waals surface area contributed by atoms with Crippen LogP contribution in [0, 0.1) is 0 Å². The maximum Gasteiger partial charge on any atom is 0.277 e. The van der Waals surface area contributed by atoms with E-state index in [2.05, 4.69) is 0 Å². The Labute approximate surface area is 185 Å². The van der Waals surface area contributed by atoms with Gasteiger partial charge in [0.2, 0.25) is 5.43 Å². The molecule has 0 bridgehead atoms. The van der Waals surface area contributed by atoms with Gasteiger partial charge in [-0.15, -0.1) is 0 Å². The SMILES string of the molecule is COCCN1CN(C(c2ccccc2)c2ccccc2)n2c(CO)cc(=O)c(O)c2C1=O. The van der Waals surface area contributed by atoms with Crippen molar-refractivity contribution in [1.82, 2.24) is 9.58 Å². The summed E-state index contributed by atoms with van der Waals surface area (Å²) >= 11 is 0. The smallest absolute Gasteiger partial charge is 0.277 e. The van der Waals surface area contributed by atoms with Crippen LogP contribution in [0.2, 0.25) is 0 Å². The Morgan fingerprint density at radius 1 is 1.00 bits per heavy atom. The predicted molar refractivity (Wildman–Crippen MR) is 119 cm³/mol. The third-order valence-electron chi connectivity index (χ3n) is 5.56. The lowest BCUT2D eigenvalue weighted by Crippen LogP contribution is -2.57. The van der Waals surface area contributed by atoms with Crippen molar-refractivity contribution in [3.8, 4) is 5.75 Å². The summed E-state index contributed by atoms with van der Waals surface area (Å²) in [5.41, 5.74) is 1.25. The van der Waals surface area contributed by atoms with Gasteiger partial charge in [-0.3, -0.25) is 14.6 Å². The van der Waals surface area contributed by atoms with Gasteiger partial charge in [0.05, 0.1) is 24.9 Å². The first-order chi connectivity index (χ1) is 15.6. The molecular weight excluding hydrogens is 410 g/mol. The topological polar surface area (TPSA) is 95.2 Å². The molecule has 166 valence electrons. The van der Waals surface area contributed by atoms with Gasteiger partial charge in [0.15, 0.2) is 11.4 Å². The molecule has 0 unspecified atom stereocenters. The van der Waals surface area contributed by atoms with Gasteiger partial charge in [-0.05, 0) is 11.1 Å². The van der Waals surface area contributed by atoms with Crippen LogP contribution >= 0.6 is 0 Å². The van der Waals surface area contributed by atoms with E-state index >= 15 is 0 Å². The molecule has 0 atom stereocenters. The quantitative estimate of drug-likeness (QED) is 0.588. The van der Waals surface area contributed by atoms with Gasteiger partial charge < -0.3 is 19.8 Å². The fourth-order valence-corrected chi connectivity index (χ4v) is 4.07. The Morgan fingerprint density at radius 3 is 2.12 bits per heavy atom. The number of aromatic nitrogens is 1. The maximum atomic E-state index is 13.2. The molecule has 2 aromatic carbocycles. The van der Waals surface area contributed by atoms with Crippen LogP contribution in [-0.4, -0.2) is 52.6 Å². The van der Waals surface area contributed by atoms with Crippen molar-refractivity contribution in [2.45, 2.75) is 12.6 Å². The number of aliphatic hydroxyl groups excluding tert-OH is 1. The number of carbonyl (C=O) groups excluding carboxylic acids is 1. The van der Waals surface area contributed by atoms with Crippen molar-refractivity contribution in [2.24, 2.45) is 0 Å². The fourth-order valence-electron chi connectivity index (χ4n) is 4.07. The number of carbonyl (C=O) groups is 1. The highest BCUT2D eigenvalue weighted by Crippen LogP contribution is 2.33. The average molecular weight is 435 g/mol. The molecular formula is C24H25N3O5. The Balaban J connectivity index is 1.97. The molecule has 0 fully saturated rings. The Kier molecular flexibility index (Phi) is 6.25. The summed E-state index contributed by atoms with van der Waals surface area (Å²) in [6.07, 6.45) is 0. The number of aliphatic hydroxyl groups is 1. The van der Waals surface area contributed by atoms with Crippen molar-refractivity contribution in [3.05, 3.63) is 99.5 Å². The van der Waals surface area contributed by atoms with Gasteiger partial charge in [0.1, 0.15) is 6.67 Å². The molecule has 0 saturated heterocycles. The van der Waals surface area contributed by atoms with Crippen LogP contribution in [0.15, 0.2) is 71.5 Å².